The highest BCUT2D eigenvalue weighted by Gasteiger charge is 2.43. The van der Waals surface area contributed by atoms with Crippen molar-refractivity contribution in [2.45, 2.75) is 32.0 Å². The largest absolute Gasteiger partial charge is 0.447 e. The first-order valence-electron chi connectivity index (χ1n) is 4.39. The highest BCUT2D eigenvalue weighted by Crippen LogP contribution is 2.29. The molecule has 0 unspecified atom stereocenters. The summed E-state index contributed by atoms with van der Waals surface area (Å²) in [5.41, 5.74) is 0. The van der Waals surface area contributed by atoms with Crippen LogP contribution in [0.5, 0.6) is 0 Å². The standard InChI is InChI=1S/C8H13NO3/c1-2-11-7-4-3-6-5-12-8(10)9(6)7/h6-7H,2-5H2,1H3/t6-,7+/m0/s1. The van der Waals surface area contributed by atoms with E-state index in [2.05, 4.69) is 0 Å². The molecule has 0 N–H and O–H groups in total. The van der Waals surface area contributed by atoms with Gasteiger partial charge in [-0.25, -0.2) is 4.79 Å². The summed E-state index contributed by atoms with van der Waals surface area (Å²) < 4.78 is 10.3. The van der Waals surface area contributed by atoms with E-state index in [1.54, 1.807) is 4.90 Å². The van der Waals surface area contributed by atoms with Crippen molar-refractivity contribution in [1.82, 2.24) is 4.90 Å². The number of hydrogen-bond donors (Lipinski definition) is 0. The van der Waals surface area contributed by atoms with Crippen LogP contribution in [0.25, 0.3) is 0 Å². The molecule has 0 aromatic carbocycles. The van der Waals surface area contributed by atoms with Gasteiger partial charge in [0, 0.05) is 6.61 Å². The van der Waals surface area contributed by atoms with Crippen LogP contribution in [-0.2, 0) is 9.47 Å². The number of nitrogens with zero attached hydrogens (tertiary/aromatic N) is 1. The number of carbonyl (C=O) groups excluding carboxylic acids is 1. The molecule has 1 amide bonds. The Hall–Kier alpha value is -0.770. The highest BCUT2D eigenvalue weighted by molar-refractivity contribution is 5.70. The van der Waals surface area contributed by atoms with Crippen molar-refractivity contribution in [2.75, 3.05) is 13.2 Å². The summed E-state index contributed by atoms with van der Waals surface area (Å²) in [4.78, 5) is 12.9. The first-order valence-corrected chi connectivity index (χ1v) is 4.39. The van der Waals surface area contributed by atoms with E-state index in [0.29, 0.717) is 13.2 Å². The molecule has 0 spiro atoms. The van der Waals surface area contributed by atoms with Crippen LogP contribution in [0.15, 0.2) is 0 Å². The van der Waals surface area contributed by atoms with Gasteiger partial charge in [0.2, 0.25) is 0 Å². The summed E-state index contributed by atoms with van der Waals surface area (Å²) in [6.45, 7) is 3.14. The molecule has 12 heavy (non-hydrogen) atoms. The second-order valence-electron chi connectivity index (χ2n) is 3.13. The van der Waals surface area contributed by atoms with E-state index in [0.717, 1.165) is 12.8 Å². The lowest BCUT2D eigenvalue weighted by Crippen LogP contribution is -2.36. The maximum atomic E-state index is 11.2. The van der Waals surface area contributed by atoms with Crippen molar-refractivity contribution < 1.29 is 14.3 Å². The minimum atomic E-state index is -0.212. The van der Waals surface area contributed by atoms with Crippen molar-refractivity contribution in [2.24, 2.45) is 0 Å². The number of rotatable bonds is 2. The molecule has 2 atom stereocenters. The molecular formula is C8H13NO3. The minimum Gasteiger partial charge on any atom is -0.447 e. The molecule has 0 radical (unpaired) electrons. The lowest BCUT2D eigenvalue weighted by atomic mass is 10.2. The van der Waals surface area contributed by atoms with Crippen LogP contribution in [0, 0.1) is 0 Å². The number of amides is 1. The molecule has 0 aromatic heterocycles. The van der Waals surface area contributed by atoms with Crippen molar-refractivity contribution in [3.05, 3.63) is 0 Å². The number of ether oxygens (including phenoxy) is 2. The van der Waals surface area contributed by atoms with E-state index in [9.17, 15) is 4.79 Å². The second-order valence-corrected chi connectivity index (χ2v) is 3.13. The topological polar surface area (TPSA) is 38.8 Å². The van der Waals surface area contributed by atoms with E-state index in [-0.39, 0.29) is 18.4 Å². The van der Waals surface area contributed by atoms with Crippen molar-refractivity contribution in [3.8, 4) is 0 Å². The van der Waals surface area contributed by atoms with Gasteiger partial charge in [-0.2, -0.15) is 0 Å². The van der Waals surface area contributed by atoms with E-state index < -0.39 is 0 Å². The van der Waals surface area contributed by atoms with Gasteiger partial charge in [-0.15, -0.1) is 0 Å². The summed E-state index contributed by atoms with van der Waals surface area (Å²) >= 11 is 0. The van der Waals surface area contributed by atoms with E-state index in [1.807, 2.05) is 6.92 Å². The van der Waals surface area contributed by atoms with Crippen molar-refractivity contribution in [3.63, 3.8) is 0 Å². The zero-order chi connectivity index (χ0) is 8.55. The third-order valence-electron chi connectivity index (χ3n) is 2.42. The summed E-state index contributed by atoms with van der Waals surface area (Å²) in [5.74, 6) is 0. The number of hydrogen-bond acceptors (Lipinski definition) is 3. The Morgan fingerprint density at radius 2 is 2.50 bits per heavy atom. The molecule has 0 saturated carbocycles. The second kappa shape index (κ2) is 2.94. The van der Waals surface area contributed by atoms with Crippen LogP contribution >= 0.6 is 0 Å². The maximum Gasteiger partial charge on any atom is 0.412 e. The Labute approximate surface area is 71.4 Å². The molecule has 2 aliphatic rings. The molecule has 68 valence electrons. The Morgan fingerprint density at radius 3 is 3.25 bits per heavy atom. The normalized spacial score (nSPS) is 33.8. The monoisotopic (exact) mass is 171 g/mol. The quantitative estimate of drug-likeness (QED) is 0.621. The van der Waals surface area contributed by atoms with Crippen molar-refractivity contribution in [1.29, 1.82) is 0 Å². The minimum absolute atomic E-state index is 0.0324. The average Bonchev–Trinajstić information content (AvgIpc) is 2.58. The van der Waals surface area contributed by atoms with Gasteiger partial charge in [-0.05, 0) is 19.8 Å². The van der Waals surface area contributed by atoms with Gasteiger partial charge in [-0.3, -0.25) is 4.90 Å². The zero-order valence-electron chi connectivity index (χ0n) is 7.16. The molecule has 4 heteroatoms. The molecule has 2 rings (SSSR count). The van der Waals surface area contributed by atoms with Crippen LogP contribution in [0.1, 0.15) is 19.8 Å². The van der Waals surface area contributed by atoms with Crippen LogP contribution in [0.4, 0.5) is 4.79 Å². The first kappa shape index (κ1) is 7.86. The van der Waals surface area contributed by atoms with Crippen LogP contribution in [0.2, 0.25) is 0 Å². The molecule has 0 bridgehead atoms. The molecule has 2 saturated heterocycles. The number of fused-ring (bicyclic) bond motifs is 1. The summed E-state index contributed by atoms with van der Waals surface area (Å²) in [6.07, 6.45) is 1.72. The van der Waals surface area contributed by atoms with Gasteiger partial charge in [0.25, 0.3) is 0 Å². The fourth-order valence-electron chi connectivity index (χ4n) is 1.88. The summed E-state index contributed by atoms with van der Waals surface area (Å²) in [6, 6.07) is 0.272. The Kier molecular flexibility index (Phi) is 1.92. The predicted octanol–water partition coefficient (Wildman–Crippen LogP) is 0.964. The summed E-state index contributed by atoms with van der Waals surface area (Å²) in [7, 11) is 0. The van der Waals surface area contributed by atoms with Gasteiger partial charge >= 0.3 is 6.09 Å². The predicted molar refractivity (Wildman–Crippen MR) is 41.6 cm³/mol. The average molecular weight is 171 g/mol. The number of cyclic esters (lactones) is 1. The first-order chi connectivity index (χ1) is 5.83. The lowest BCUT2D eigenvalue weighted by molar-refractivity contribution is -0.0148. The molecular weight excluding hydrogens is 158 g/mol. The molecule has 2 aliphatic heterocycles. The van der Waals surface area contributed by atoms with Gasteiger partial charge in [0.1, 0.15) is 12.8 Å². The van der Waals surface area contributed by atoms with Gasteiger partial charge in [0.15, 0.2) is 0 Å². The van der Waals surface area contributed by atoms with E-state index in [4.69, 9.17) is 9.47 Å². The van der Waals surface area contributed by atoms with E-state index >= 15 is 0 Å². The molecule has 2 heterocycles. The lowest BCUT2D eigenvalue weighted by Gasteiger charge is -2.20. The van der Waals surface area contributed by atoms with Crippen LogP contribution in [-0.4, -0.2) is 36.5 Å². The van der Waals surface area contributed by atoms with Gasteiger partial charge in [-0.1, -0.05) is 0 Å². The van der Waals surface area contributed by atoms with Crippen LogP contribution < -0.4 is 0 Å². The molecule has 0 aliphatic carbocycles. The van der Waals surface area contributed by atoms with Gasteiger partial charge < -0.3 is 9.47 Å². The maximum absolute atomic E-state index is 11.2. The Morgan fingerprint density at radius 1 is 1.67 bits per heavy atom. The molecule has 0 aromatic rings. The summed E-state index contributed by atoms with van der Waals surface area (Å²) in [5, 5.41) is 0. The fourth-order valence-corrected chi connectivity index (χ4v) is 1.88. The van der Waals surface area contributed by atoms with Crippen LogP contribution in [0.3, 0.4) is 0 Å². The highest BCUT2D eigenvalue weighted by atomic mass is 16.6. The Bertz CT molecular complexity index is 193. The van der Waals surface area contributed by atoms with Gasteiger partial charge in [0.05, 0.1) is 6.04 Å². The SMILES string of the molecule is CCO[C@@H]1CC[C@H]2COC(=O)N21. The molecule has 4 nitrogen and oxygen atoms in total. The van der Waals surface area contributed by atoms with E-state index in [1.165, 1.54) is 0 Å². The Balaban J connectivity index is 2.04. The molecule has 2 fully saturated rings. The third-order valence-corrected chi connectivity index (χ3v) is 2.42. The smallest absolute Gasteiger partial charge is 0.412 e. The zero-order valence-corrected chi connectivity index (χ0v) is 7.16. The third kappa shape index (κ3) is 1.06. The van der Waals surface area contributed by atoms with Crippen molar-refractivity contribution >= 4 is 6.09 Å². The number of carbonyl (C=O) groups is 1. The fraction of sp³-hybridized carbons (Fsp3) is 0.875.